The Hall–Kier alpha value is -3.72. The van der Waals surface area contributed by atoms with Crippen LogP contribution in [0, 0.1) is 0 Å². The normalized spacial score (nSPS) is 10.3. The monoisotopic (exact) mass is 424 g/mol. The van der Waals surface area contributed by atoms with E-state index < -0.39 is 5.97 Å². The van der Waals surface area contributed by atoms with Gasteiger partial charge in [0.15, 0.2) is 5.13 Å². The Balaban J connectivity index is 1.80. The number of carbonyl (C=O) groups excluding carboxylic acids is 3. The average molecular weight is 424 g/mol. The number of nitrogens with two attached hydrogens (primary N) is 1. The van der Waals surface area contributed by atoms with Crippen molar-refractivity contribution in [1.29, 1.82) is 0 Å². The van der Waals surface area contributed by atoms with Gasteiger partial charge in [-0.05, 0) is 43.3 Å². The number of ketones is 1. The Morgan fingerprint density at radius 3 is 2.47 bits per heavy atom. The zero-order valence-corrected chi connectivity index (χ0v) is 17.2. The molecule has 9 heteroatoms. The van der Waals surface area contributed by atoms with Gasteiger partial charge in [0, 0.05) is 18.2 Å². The first-order valence-electron chi connectivity index (χ1n) is 9.11. The van der Waals surface area contributed by atoms with Crippen molar-refractivity contribution >= 4 is 51.3 Å². The van der Waals surface area contributed by atoms with Crippen LogP contribution in [0.5, 0.6) is 0 Å². The van der Waals surface area contributed by atoms with E-state index in [1.165, 1.54) is 6.92 Å². The summed E-state index contributed by atoms with van der Waals surface area (Å²) in [6.45, 7) is 3.42. The van der Waals surface area contributed by atoms with E-state index in [0.29, 0.717) is 34.2 Å². The highest BCUT2D eigenvalue weighted by atomic mass is 32.1. The van der Waals surface area contributed by atoms with E-state index >= 15 is 0 Å². The van der Waals surface area contributed by atoms with E-state index in [2.05, 4.69) is 15.6 Å². The molecule has 0 spiro atoms. The molecule has 0 atom stereocenters. The zero-order valence-electron chi connectivity index (χ0n) is 16.4. The zero-order chi connectivity index (χ0) is 21.7. The fourth-order valence-electron chi connectivity index (χ4n) is 2.68. The minimum absolute atomic E-state index is 0.0910. The van der Waals surface area contributed by atoms with Crippen molar-refractivity contribution < 1.29 is 19.1 Å². The number of hydrogen-bond donors (Lipinski definition) is 3. The Kier molecular flexibility index (Phi) is 6.43. The van der Waals surface area contributed by atoms with Crippen LogP contribution in [0.3, 0.4) is 0 Å². The van der Waals surface area contributed by atoms with Crippen LogP contribution < -0.4 is 16.4 Å². The first-order valence-corrected chi connectivity index (χ1v) is 9.92. The third-order valence-electron chi connectivity index (χ3n) is 3.99. The van der Waals surface area contributed by atoms with E-state index in [9.17, 15) is 14.4 Å². The molecular weight excluding hydrogens is 404 g/mol. The van der Waals surface area contributed by atoms with Gasteiger partial charge < -0.3 is 21.1 Å². The Morgan fingerprint density at radius 2 is 1.80 bits per heavy atom. The molecule has 0 aliphatic heterocycles. The predicted octanol–water partition coefficient (Wildman–Crippen LogP) is 3.84. The Bertz CT molecular complexity index is 1090. The van der Waals surface area contributed by atoms with Gasteiger partial charge in [-0.3, -0.25) is 9.59 Å². The van der Waals surface area contributed by atoms with Crippen molar-refractivity contribution in [1.82, 2.24) is 4.98 Å². The van der Waals surface area contributed by atoms with E-state index in [-0.39, 0.29) is 22.4 Å². The molecule has 154 valence electrons. The highest BCUT2D eigenvalue weighted by Gasteiger charge is 2.21. The third kappa shape index (κ3) is 4.81. The molecule has 8 nitrogen and oxygen atoms in total. The number of nitrogens with one attached hydrogen (secondary N) is 2. The Labute approximate surface area is 177 Å². The third-order valence-corrected chi connectivity index (χ3v) is 4.97. The predicted molar refractivity (Wildman–Crippen MR) is 116 cm³/mol. The van der Waals surface area contributed by atoms with Crippen LogP contribution in [-0.4, -0.2) is 29.3 Å². The summed E-state index contributed by atoms with van der Waals surface area (Å²) in [7, 11) is 0. The first kappa shape index (κ1) is 21.0. The molecule has 30 heavy (non-hydrogen) atoms. The summed E-state index contributed by atoms with van der Waals surface area (Å²) >= 11 is 1.10. The molecule has 0 saturated carbocycles. The molecule has 0 radical (unpaired) electrons. The van der Waals surface area contributed by atoms with Gasteiger partial charge in [0.05, 0.1) is 17.9 Å². The molecule has 1 aromatic heterocycles. The van der Waals surface area contributed by atoms with Crippen molar-refractivity contribution in [2.24, 2.45) is 0 Å². The molecule has 1 amide bonds. The number of rotatable bonds is 7. The van der Waals surface area contributed by atoms with Crippen LogP contribution in [0.2, 0.25) is 0 Å². The van der Waals surface area contributed by atoms with Gasteiger partial charge in [-0.25, -0.2) is 9.78 Å². The largest absolute Gasteiger partial charge is 0.462 e. The summed E-state index contributed by atoms with van der Waals surface area (Å²) in [5.41, 5.74) is 7.82. The smallest absolute Gasteiger partial charge is 0.338 e. The highest BCUT2D eigenvalue weighted by Crippen LogP contribution is 2.31. The van der Waals surface area contributed by atoms with Crippen LogP contribution in [-0.2, 0) is 9.53 Å². The molecule has 0 bridgehead atoms. The second kappa shape index (κ2) is 9.19. The molecular formula is C21H20N4O4S. The summed E-state index contributed by atoms with van der Waals surface area (Å²) in [4.78, 5) is 40.6. The number of anilines is 4. The van der Waals surface area contributed by atoms with Crippen LogP contribution in [0.4, 0.5) is 22.3 Å². The maximum Gasteiger partial charge on any atom is 0.338 e. The molecule has 3 rings (SSSR count). The highest BCUT2D eigenvalue weighted by molar-refractivity contribution is 7.18. The molecule has 0 unspecified atom stereocenters. The minimum Gasteiger partial charge on any atom is -0.462 e. The van der Waals surface area contributed by atoms with E-state index in [4.69, 9.17) is 10.5 Å². The van der Waals surface area contributed by atoms with E-state index in [1.807, 2.05) is 0 Å². The number of esters is 1. The molecule has 0 aliphatic rings. The van der Waals surface area contributed by atoms with Crippen molar-refractivity contribution in [3.8, 4) is 0 Å². The van der Waals surface area contributed by atoms with Gasteiger partial charge in [-0.15, -0.1) is 0 Å². The number of ether oxygens (including phenoxy) is 1. The molecule has 0 saturated heterocycles. The molecule has 3 aromatic rings. The first-order chi connectivity index (χ1) is 14.4. The van der Waals surface area contributed by atoms with Gasteiger partial charge in [-0.2, -0.15) is 0 Å². The van der Waals surface area contributed by atoms with Crippen molar-refractivity contribution in [2.75, 3.05) is 23.0 Å². The fourth-order valence-corrected chi connectivity index (χ4v) is 3.54. The summed E-state index contributed by atoms with van der Waals surface area (Å²) in [6.07, 6.45) is 0. The molecule has 1 heterocycles. The number of para-hydroxylation sites is 1. The van der Waals surface area contributed by atoms with E-state index in [0.717, 1.165) is 11.3 Å². The van der Waals surface area contributed by atoms with Gasteiger partial charge in [-0.1, -0.05) is 23.5 Å². The number of nitrogen functional groups attached to an aromatic ring is 1. The summed E-state index contributed by atoms with van der Waals surface area (Å²) < 4.78 is 4.96. The lowest BCUT2D eigenvalue weighted by Gasteiger charge is -2.08. The fraction of sp³-hybridized carbons (Fsp3) is 0.143. The SMILES string of the molecule is CCOC(=O)c1ccc(Nc2nc(N)c(C(=O)c3ccccc3NC(C)=O)s2)cc1. The lowest BCUT2D eigenvalue weighted by molar-refractivity contribution is -0.114. The minimum atomic E-state index is -0.395. The number of carbonyl (C=O) groups is 3. The number of amides is 1. The quantitative estimate of drug-likeness (QED) is 0.389. The molecule has 2 aromatic carbocycles. The summed E-state index contributed by atoms with van der Waals surface area (Å²) in [5.74, 6) is -0.914. The lowest BCUT2D eigenvalue weighted by atomic mass is 10.1. The second-order valence-corrected chi connectivity index (χ2v) is 7.21. The number of hydrogen-bond acceptors (Lipinski definition) is 8. The summed E-state index contributed by atoms with van der Waals surface area (Å²) in [6, 6.07) is 13.4. The second-order valence-electron chi connectivity index (χ2n) is 6.21. The Morgan fingerprint density at radius 1 is 1.10 bits per heavy atom. The van der Waals surface area contributed by atoms with Crippen LogP contribution in [0.15, 0.2) is 48.5 Å². The molecule has 0 aliphatic carbocycles. The molecule has 0 fully saturated rings. The number of aromatic nitrogens is 1. The van der Waals surface area contributed by atoms with Gasteiger partial charge in [0.25, 0.3) is 0 Å². The van der Waals surface area contributed by atoms with Gasteiger partial charge in [0.2, 0.25) is 11.7 Å². The van der Waals surface area contributed by atoms with Crippen LogP contribution >= 0.6 is 11.3 Å². The van der Waals surface area contributed by atoms with Crippen molar-refractivity contribution in [2.45, 2.75) is 13.8 Å². The lowest BCUT2D eigenvalue weighted by Crippen LogP contribution is -2.11. The number of nitrogens with zero attached hydrogens (tertiary/aromatic N) is 1. The summed E-state index contributed by atoms with van der Waals surface area (Å²) in [5, 5.41) is 6.14. The topological polar surface area (TPSA) is 123 Å². The van der Waals surface area contributed by atoms with Gasteiger partial charge >= 0.3 is 5.97 Å². The van der Waals surface area contributed by atoms with Crippen molar-refractivity contribution in [3.05, 3.63) is 64.5 Å². The molecule has 4 N–H and O–H groups in total. The maximum absolute atomic E-state index is 13.0. The standard InChI is InChI=1S/C21H20N4O4S/c1-3-29-20(28)13-8-10-14(11-9-13)24-21-25-19(22)18(30-21)17(27)15-6-4-5-7-16(15)23-12(2)26/h4-11H,3,22H2,1-2H3,(H,23,26)(H,24,25). The average Bonchev–Trinajstić information content (AvgIpc) is 3.08. The van der Waals surface area contributed by atoms with Gasteiger partial charge in [0.1, 0.15) is 10.7 Å². The van der Waals surface area contributed by atoms with Crippen LogP contribution in [0.25, 0.3) is 0 Å². The van der Waals surface area contributed by atoms with Crippen LogP contribution in [0.1, 0.15) is 39.4 Å². The number of thiazole rings is 1. The van der Waals surface area contributed by atoms with Crippen molar-refractivity contribution in [3.63, 3.8) is 0 Å². The number of benzene rings is 2. The van der Waals surface area contributed by atoms with E-state index in [1.54, 1.807) is 55.5 Å². The maximum atomic E-state index is 13.0.